The lowest BCUT2D eigenvalue weighted by atomic mass is 9.93. The van der Waals surface area contributed by atoms with Crippen molar-refractivity contribution in [1.29, 1.82) is 0 Å². The molecule has 5 rings (SSSR count). The number of alkyl carbamates (subject to hydrolysis) is 1. The quantitative estimate of drug-likeness (QED) is 0.214. The molecule has 2 saturated carbocycles. The number of nitrogens with zero attached hydrogens (tertiary/aromatic N) is 1. The molecule has 1 heterocycles. The van der Waals surface area contributed by atoms with E-state index in [-0.39, 0.29) is 19.4 Å². The van der Waals surface area contributed by atoms with Gasteiger partial charge < -0.3 is 20.3 Å². The van der Waals surface area contributed by atoms with E-state index in [9.17, 15) is 31.8 Å². The average Bonchev–Trinajstić information content (AvgIpc) is 4.05. The highest BCUT2D eigenvalue weighted by Gasteiger charge is 2.63. The third-order valence-electron chi connectivity index (χ3n) is 10.4. The first-order chi connectivity index (χ1) is 25.4. The normalized spacial score (nSPS) is 25.0. The Kier molecular flexibility index (Phi) is 12.2. The Morgan fingerprint density at radius 3 is 2.19 bits per heavy atom. The molecule has 14 heteroatoms. The van der Waals surface area contributed by atoms with Crippen molar-refractivity contribution >= 4 is 44.6 Å². The summed E-state index contributed by atoms with van der Waals surface area (Å²) in [4.78, 5) is 57.3. The van der Waals surface area contributed by atoms with Crippen molar-refractivity contribution in [3.05, 3.63) is 72.8 Å². The minimum atomic E-state index is -3.93. The third kappa shape index (κ3) is 8.91. The number of unbranched alkanes of at least 4 members (excludes halogenated alkanes) is 1. The SMILES string of the molecule is C=C[C@@H]1C[C@]1(NC(=O)[C@@H]1C[C@](c2ccc(-c3ccccc3)cc2)(S(=O)CCCC)CN1C(=O)[C@@H](NC(=O)OC(C)(C)C)C(C)C)C(=O)NS(=O)(=O)C1CC1. The molecule has 1 aliphatic heterocycles. The number of hydrogen-bond donors (Lipinski definition) is 3. The van der Waals surface area contributed by atoms with Gasteiger partial charge in [-0.05, 0) is 75.5 Å². The van der Waals surface area contributed by atoms with Crippen LogP contribution in [0.25, 0.3) is 11.1 Å². The summed E-state index contributed by atoms with van der Waals surface area (Å²) in [6.07, 6.45) is 3.10. The largest absolute Gasteiger partial charge is 0.444 e. The molecule has 3 fully saturated rings. The van der Waals surface area contributed by atoms with Gasteiger partial charge in [0.05, 0.1) is 10.00 Å². The molecular formula is C40H54N4O8S2. The third-order valence-corrected chi connectivity index (χ3v) is 14.3. The van der Waals surface area contributed by atoms with Gasteiger partial charge in [-0.3, -0.25) is 23.3 Å². The molecule has 3 N–H and O–H groups in total. The van der Waals surface area contributed by atoms with Gasteiger partial charge in [-0.15, -0.1) is 6.58 Å². The van der Waals surface area contributed by atoms with E-state index in [1.807, 2.05) is 61.5 Å². The predicted octanol–water partition coefficient (Wildman–Crippen LogP) is 4.92. The molecule has 4 amide bonds. The van der Waals surface area contributed by atoms with Crippen LogP contribution in [0.5, 0.6) is 0 Å². The minimum absolute atomic E-state index is 0.0420. The Labute approximate surface area is 321 Å². The number of likely N-dealkylation sites (tertiary alicyclic amines) is 1. The first-order valence-electron chi connectivity index (χ1n) is 18.7. The van der Waals surface area contributed by atoms with Gasteiger partial charge in [0.1, 0.15) is 23.2 Å². The lowest BCUT2D eigenvalue weighted by Gasteiger charge is -2.32. The van der Waals surface area contributed by atoms with Crippen molar-refractivity contribution < 1.29 is 36.5 Å². The summed E-state index contributed by atoms with van der Waals surface area (Å²) >= 11 is 0. The summed E-state index contributed by atoms with van der Waals surface area (Å²) in [7, 11) is -5.50. The fourth-order valence-electron chi connectivity index (χ4n) is 7.06. The number of sulfonamides is 1. The van der Waals surface area contributed by atoms with Gasteiger partial charge in [0.15, 0.2) is 0 Å². The molecule has 0 bridgehead atoms. The summed E-state index contributed by atoms with van der Waals surface area (Å²) in [6, 6.07) is 15.1. The van der Waals surface area contributed by atoms with Crippen LogP contribution in [0, 0.1) is 11.8 Å². The zero-order valence-corrected chi connectivity index (χ0v) is 33.7. The number of rotatable bonds is 15. The lowest BCUT2D eigenvalue weighted by Crippen LogP contribution is -2.59. The number of carbonyl (C=O) groups is 4. The van der Waals surface area contributed by atoms with Crippen molar-refractivity contribution in [3.63, 3.8) is 0 Å². The minimum Gasteiger partial charge on any atom is -0.444 e. The molecule has 2 aromatic rings. The van der Waals surface area contributed by atoms with Crippen molar-refractivity contribution in [3.8, 4) is 11.1 Å². The standard InChI is InChI=1S/C40H54N4O8S2/c1-8-10-22-53(49)39(30-18-16-28(17-19-30)27-14-12-11-13-15-27)24-32(44(25-39)35(46)33(26(3)4)41-37(48)52-38(5,6)7)34(45)42-40(23-29(40)9-2)36(47)43-54(50,51)31-20-21-31/h9,11-19,26,29,31-33H,2,8,10,20-25H2,1,3-7H3,(H,41,48)(H,42,45)(H,43,47)/t29-,32+,33+,39+,40-,53?/m1/s1. The van der Waals surface area contributed by atoms with E-state index in [0.29, 0.717) is 30.6 Å². The van der Waals surface area contributed by atoms with Crippen LogP contribution in [-0.4, -0.2) is 82.1 Å². The highest BCUT2D eigenvalue weighted by atomic mass is 32.2. The van der Waals surface area contributed by atoms with Crippen LogP contribution in [0.2, 0.25) is 0 Å². The molecule has 0 aromatic heterocycles. The van der Waals surface area contributed by atoms with E-state index in [1.54, 1.807) is 34.6 Å². The number of ether oxygens (including phenoxy) is 1. The highest BCUT2D eigenvalue weighted by Crippen LogP contribution is 2.47. The molecule has 294 valence electrons. The van der Waals surface area contributed by atoms with Gasteiger partial charge in [0, 0.05) is 29.0 Å². The van der Waals surface area contributed by atoms with Crippen LogP contribution in [-0.2, 0) is 44.7 Å². The molecule has 54 heavy (non-hydrogen) atoms. The predicted molar refractivity (Wildman–Crippen MR) is 209 cm³/mol. The molecule has 2 aliphatic carbocycles. The number of carbonyl (C=O) groups excluding carboxylic acids is 4. The fraction of sp³-hybridized carbons (Fsp3) is 0.550. The molecule has 12 nitrogen and oxygen atoms in total. The number of hydrogen-bond acceptors (Lipinski definition) is 8. The molecule has 6 atom stereocenters. The average molecular weight is 783 g/mol. The van der Waals surface area contributed by atoms with Crippen LogP contribution in [0.4, 0.5) is 4.79 Å². The van der Waals surface area contributed by atoms with Gasteiger partial charge in [0.2, 0.25) is 21.8 Å². The second-order valence-electron chi connectivity index (χ2n) is 16.1. The number of amides is 4. The summed E-state index contributed by atoms with van der Waals surface area (Å²) in [5.41, 5.74) is 0.187. The fourth-order valence-corrected chi connectivity index (χ4v) is 10.4. The topological polar surface area (TPSA) is 168 Å². The summed E-state index contributed by atoms with van der Waals surface area (Å²) in [5, 5.41) is 4.87. The molecule has 1 saturated heterocycles. The van der Waals surface area contributed by atoms with Gasteiger partial charge >= 0.3 is 6.09 Å². The molecular weight excluding hydrogens is 729 g/mol. The van der Waals surface area contributed by atoms with Crippen LogP contribution in [0.15, 0.2) is 67.3 Å². The molecule has 0 spiro atoms. The van der Waals surface area contributed by atoms with Crippen LogP contribution in [0.1, 0.15) is 85.6 Å². The molecule has 0 radical (unpaired) electrons. The monoisotopic (exact) mass is 782 g/mol. The van der Waals surface area contributed by atoms with Crippen LogP contribution >= 0.6 is 0 Å². The maximum Gasteiger partial charge on any atom is 0.408 e. The summed E-state index contributed by atoms with van der Waals surface area (Å²) in [6.45, 7) is 14.3. The Morgan fingerprint density at radius 2 is 1.65 bits per heavy atom. The summed E-state index contributed by atoms with van der Waals surface area (Å²) < 4.78 is 46.6. The summed E-state index contributed by atoms with van der Waals surface area (Å²) in [5.74, 6) is -2.78. The number of nitrogens with one attached hydrogen (secondary N) is 3. The van der Waals surface area contributed by atoms with E-state index in [0.717, 1.165) is 17.5 Å². The smallest absolute Gasteiger partial charge is 0.408 e. The van der Waals surface area contributed by atoms with Gasteiger partial charge in [-0.25, -0.2) is 13.2 Å². The van der Waals surface area contributed by atoms with E-state index in [1.165, 1.54) is 11.0 Å². The molecule has 1 unspecified atom stereocenters. The zero-order valence-electron chi connectivity index (χ0n) is 32.1. The maximum atomic E-state index is 14.7. The van der Waals surface area contributed by atoms with Crippen molar-refractivity contribution in [2.45, 2.75) is 113 Å². The van der Waals surface area contributed by atoms with Gasteiger partial charge in [-0.1, -0.05) is 87.9 Å². The van der Waals surface area contributed by atoms with E-state index >= 15 is 0 Å². The Bertz CT molecular complexity index is 1870. The van der Waals surface area contributed by atoms with Gasteiger partial charge in [-0.2, -0.15) is 0 Å². The Balaban J connectivity index is 1.55. The van der Waals surface area contributed by atoms with E-state index < -0.39 is 89.7 Å². The highest BCUT2D eigenvalue weighted by molar-refractivity contribution is 7.91. The Morgan fingerprint density at radius 1 is 1.02 bits per heavy atom. The zero-order chi connectivity index (χ0) is 39.6. The first kappa shape index (κ1) is 41.1. The molecule has 3 aliphatic rings. The van der Waals surface area contributed by atoms with E-state index in [2.05, 4.69) is 21.9 Å². The second-order valence-corrected chi connectivity index (χ2v) is 19.9. The van der Waals surface area contributed by atoms with Crippen LogP contribution in [0.3, 0.4) is 0 Å². The van der Waals surface area contributed by atoms with Crippen molar-refractivity contribution in [1.82, 2.24) is 20.3 Å². The second kappa shape index (κ2) is 16.0. The lowest BCUT2D eigenvalue weighted by molar-refractivity contribution is -0.141. The van der Waals surface area contributed by atoms with Crippen LogP contribution < -0.4 is 15.4 Å². The van der Waals surface area contributed by atoms with Gasteiger partial charge in [0.25, 0.3) is 5.91 Å². The number of benzene rings is 2. The van der Waals surface area contributed by atoms with Crippen molar-refractivity contribution in [2.75, 3.05) is 12.3 Å². The first-order valence-corrected chi connectivity index (χ1v) is 21.6. The maximum absolute atomic E-state index is 14.7. The van der Waals surface area contributed by atoms with E-state index in [4.69, 9.17) is 4.74 Å². The molecule has 2 aromatic carbocycles. The Hall–Kier alpha value is -4.04. The van der Waals surface area contributed by atoms with Crippen molar-refractivity contribution in [2.24, 2.45) is 11.8 Å².